The third-order valence-electron chi connectivity index (χ3n) is 4.31. The third-order valence-corrected chi connectivity index (χ3v) is 4.31. The van der Waals surface area contributed by atoms with Crippen LogP contribution < -0.4 is 0 Å². The summed E-state index contributed by atoms with van der Waals surface area (Å²) in [6.45, 7) is 4.18. The molecule has 0 aliphatic carbocycles. The second-order valence-electron chi connectivity index (χ2n) is 4.61. The SMILES string of the molecule is CCC1(CO)C2C=CC(O2)C1(C)CO. The summed E-state index contributed by atoms with van der Waals surface area (Å²) in [5.41, 5.74) is -0.642. The lowest BCUT2D eigenvalue weighted by Gasteiger charge is -2.44. The zero-order valence-corrected chi connectivity index (χ0v) is 8.73. The summed E-state index contributed by atoms with van der Waals surface area (Å²) in [6, 6.07) is 0. The van der Waals surface area contributed by atoms with Gasteiger partial charge in [-0.1, -0.05) is 26.0 Å². The van der Waals surface area contributed by atoms with Crippen LogP contribution in [0.2, 0.25) is 0 Å². The fraction of sp³-hybridized carbons (Fsp3) is 0.818. The Bertz CT molecular complexity index is 257. The van der Waals surface area contributed by atoms with Gasteiger partial charge < -0.3 is 14.9 Å². The van der Waals surface area contributed by atoms with Gasteiger partial charge in [0.25, 0.3) is 0 Å². The van der Waals surface area contributed by atoms with Crippen molar-refractivity contribution in [2.75, 3.05) is 13.2 Å². The first-order chi connectivity index (χ1) is 6.64. The average molecular weight is 198 g/mol. The Kier molecular flexibility index (Phi) is 2.21. The van der Waals surface area contributed by atoms with Gasteiger partial charge >= 0.3 is 0 Å². The summed E-state index contributed by atoms with van der Waals surface area (Å²) < 4.78 is 5.75. The van der Waals surface area contributed by atoms with Crippen molar-refractivity contribution in [3.05, 3.63) is 12.2 Å². The Labute approximate surface area is 84.4 Å². The zero-order valence-electron chi connectivity index (χ0n) is 8.73. The summed E-state index contributed by atoms with van der Waals surface area (Å²) in [4.78, 5) is 0. The highest BCUT2D eigenvalue weighted by molar-refractivity contribution is 5.24. The van der Waals surface area contributed by atoms with E-state index in [1.165, 1.54) is 0 Å². The number of aliphatic hydroxyl groups is 2. The number of hydrogen-bond donors (Lipinski definition) is 2. The van der Waals surface area contributed by atoms with Crippen LogP contribution in [-0.4, -0.2) is 35.6 Å². The molecule has 0 spiro atoms. The van der Waals surface area contributed by atoms with Crippen molar-refractivity contribution in [1.29, 1.82) is 0 Å². The molecule has 2 rings (SSSR count). The highest BCUT2D eigenvalue weighted by Gasteiger charge is 2.63. The molecule has 3 nitrogen and oxygen atoms in total. The summed E-state index contributed by atoms with van der Waals surface area (Å²) in [6.07, 6.45) is 4.78. The van der Waals surface area contributed by atoms with Gasteiger partial charge in [0, 0.05) is 10.8 Å². The molecule has 80 valence electrons. The van der Waals surface area contributed by atoms with Crippen LogP contribution in [0.4, 0.5) is 0 Å². The number of ether oxygens (including phenoxy) is 1. The first-order valence-corrected chi connectivity index (χ1v) is 5.20. The number of rotatable bonds is 3. The van der Waals surface area contributed by atoms with Gasteiger partial charge in [-0.05, 0) is 6.42 Å². The zero-order chi connectivity index (χ0) is 10.4. The third kappa shape index (κ3) is 0.879. The largest absolute Gasteiger partial charge is 0.396 e. The van der Waals surface area contributed by atoms with E-state index in [2.05, 4.69) is 0 Å². The molecule has 4 unspecified atom stereocenters. The van der Waals surface area contributed by atoms with E-state index in [9.17, 15) is 10.2 Å². The first-order valence-electron chi connectivity index (χ1n) is 5.20. The molecule has 0 saturated carbocycles. The van der Waals surface area contributed by atoms with E-state index >= 15 is 0 Å². The van der Waals surface area contributed by atoms with E-state index in [4.69, 9.17) is 4.74 Å². The predicted molar refractivity (Wildman–Crippen MR) is 52.8 cm³/mol. The van der Waals surface area contributed by atoms with Crippen molar-refractivity contribution in [2.45, 2.75) is 32.5 Å². The monoisotopic (exact) mass is 198 g/mol. The molecule has 0 aromatic rings. The lowest BCUT2D eigenvalue weighted by molar-refractivity contribution is -0.0310. The van der Waals surface area contributed by atoms with Gasteiger partial charge in [-0.2, -0.15) is 0 Å². The summed E-state index contributed by atoms with van der Waals surface area (Å²) in [5, 5.41) is 19.1. The molecule has 2 aliphatic rings. The number of aliphatic hydroxyl groups excluding tert-OH is 2. The van der Waals surface area contributed by atoms with E-state index in [1.54, 1.807) is 0 Å². The molecule has 2 N–H and O–H groups in total. The molecule has 0 aromatic heterocycles. The van der Waals surface area contributed by atoms with E-state index in [0.29, 0.717) is 0 Å². The lowest BCUT2D eigenvalue weighted by Crippen LogP contribution is -2.51. The molecule has 2 bridgehead atoms. The van der Waals surface area contributed by atoms with Crippen LogP contribution in [0.25, 0.3) is 0 Å². The van der Waals surface area contributed by atoms with Crippen molar-refractivity contribution in [3.63, 3.8) is 0 Å². The molecular formula is C11H18O3. The minimum atomic E-state index is -0.337. The highest BCUT2D eigenvalue weighted by atomic mass is 16.5. The smallest absolute Gasteiger partial charge is 0.0850 e. The Morgan fingerprint density at radius 1 is 1.21 bits per heavy atom. The predicted octanol–water partition coefficient (Wildman–Crippen LogP) is 0.711. The van der Waals surface area contributed by atoms with Gasteiger partial charge in [0.15, 0.2) is 0 Å². The van der Waals surface area contributed by atoms with Gasteiger partial charge in [-0.25, -0.2) is 0 Å². The highest BCUT2D eigenvalue weighted by Crippen LogP contribution is 2.58. The van der Waals surface area contributed by atoms with E-state index < -0.39 is 0 Å². The van der Waals surface area contributed by atoms with Gasteiger partial charge in [0.05, 0.1) is 25.4 Å². The molecule has 0 radical (unpaired) electrons. The van der Waals surface area contributed by atoms with Crippen molar-refractivity contribution < 1.29 is 14.9 Å². The number of fused-ring (bicyclic) bond motifs is 2. The van der Waals surface area contributed by atoms with Crippen LogP contribution >= 0.6 is 0 Å². The topological polar surface area (TPSA) is 49.7 Å². The standard InChI is InChI=1S/C11H18O3/c1-3-11(7-13)9-5-4-8(14-9)10(11,2)6-12/h4-5,8-9,12-13H,3,6-7H2,1-2H3. The Balaban J connectivity index is 2.44. The Morgan fingerprint density at radius 2 is 1.86 bits per heavy atom. The van der Waals surface area contributed by atoms with Crippen LogP contribution in [0.1, 0.15) is 20.3 Å². The maximum Gasteiger partial charge on any atom is 0.0850 e. The molecule has 1 fully saturated rings. The van der Waals surface area contributed by atoms with Crippen molar-refractivity contribution in [1.82, 2.24) is 0 Å². The van der Waals surface area contributed by atoms with Gasteiger partial charge in [0.1, 0.15) is 0 Å². The maximum atomic E-state index is 9.58. The molecule has 0 aromatic carbocycles. The molecule has 2 heterocycles. The minimum absolute atomic E-state index is 0.0281. The molecular weight excluding hydrogens is 180 g/mol. The normalized spacial score (nSPS) is 50.3. The van der Waals surface area contributed by atoms with E-state index in [0.717, 1.165) is 6.42 Å². The van der Waals surface area contributed by atoms with Crippen LogP contribution in [-0.2, 0) is 4.74 Å². The maximum absolute atomic E-state index is 9.58. The quantitative estimate of drug-likeness (QED) is 0.657. The Hall–Kier alpha value is -0.380. The second-order valence-corrected chi connectivity index (χ2v) is 4.61. The van der Waals surface area contributed by atoms with E-state index in [-0.39, 0.29) is 36.3 Å². The second kappa shape index (κ2) is 3.05. The fourth-order valence-electron chi connectivity index (χ4n) is 2.97. The van der Waals surface area contributed by atoms with Gasteiger partial charge in [-0.15, -0.1) is 0 Å². The average Bonchev–Trinajstić information content (AvgIpc) is 2.77. The van der Waals surface area contributed by atoms with Crippen molar-refractivity contribution >= 4 is 0 Å². The van der Waals surface area contributed by atoms with Gasteiger partial charge in [0.2, 0.25) is 0 Å². The molecule has 3 heteroatoms. The van der Waals surface area contributed by atoms with Crippen LogP contribution in [0.5, 0.6) is 0 Å². The molecule has 1 saturated heterocycles. The summed E-state index contributed by atoms with van der Waals surface area (Å²) in [5.74, 6) is 0. The first kappa shape index (κ1) is 10.1. The lowest BCUT2D eigenvalue weighted by atomic mass is 9.58. The van der Waals surface area contributed by atoms with Gasteiger partial charge in [-0.3, -0.25) is 0 Å². The molecule has 0 amide bonds. The molecule has 4 atom stereocenters. The summed E-state index contributed by atoms with van der Waals surface area (Å²) in [7, 11) is 0. The van der Waals surface area contributed by atoms with Crippen LogP contribution in [0.3, 0.4) is 0 Å². The van der Waals surface area contributed by atoms with Crippen molar-refractivity contribution in [2.24, 2.45) is 10.8 Å². The fourth-order valence-corrected chi connectivity index (χ4v) is 2.97. The van der Waals surface area contributed by atoms with E-state index in [1.807, 2.05) is 26.0 Å². The van der Waals surface area contributed by atoms with Crippen LogP contribution in [0.15, 0.2) is 12.2 Å². The summed E-state index contributed by atoms with van der Waals surface area (Å²) >= 11 is 0. The Morgan fingerprint density at radius 3 is 2.29 bits per heavy atom. The van der Waals surface area contributed by atoms with Crippen molar-refractivity contribution in [3.8, 4) is 0 Å². The minimum Gasteiger partial charge on any atom is -0.396 e. The molecule has 2 aliphatic heterocycles. The number of hydrogen-bond acceptors (Lipinski definition) is 3. The van der Waals surface area contributed by atoms with Crippen LogP contribution in [0, 0.1) is 10.8 Å². The molecule has 14 heavy (non-hydrogen) atoms.